The van der Waals surface area contributed by atoms with E-state index in [1.165, 1.54) is 5.56 Å². The van der Waals surface area contributed by atoms with Gasteiger partial charge in [-0.05, 0) is 48.6 Å². The maximum Gasteiger partial charge on any atom is 0.242 e. The molecule has 0 bridgehead atoms. The number of aromatic nitrogens is 1. The summed E-state index contributed by atoms with van der Waals surface area (Å²) in [7, 11) is 3.66. The lowest BCUT2D eigenvalue weighted by molar-refractivity contribution is -0.135. The van der Waals surface area contributed by atoms with Crippen LogP contribution in [0.15, 0.2) is 48.8 Å². The van der Waals surface area contributed by atoms with E-state index in [9.17, 15) is 4.79 Å². The van der Waals surface area contributed by atoms with E-state index in [4.69, 9.17) is 0 Å². The van der Waals surface area contributed by atoms with Crippen molar-refractivity contribution in [1.29, 1.82) is 0 Å². The van der Waals surface area contributed by atoms with Gasteiger partial charge in [-0.2, -0.15) is 0 Å². The minimum Gasteiger partial charge on any atom is -0.347 e. The van der Waals surface area contributed by atoms with E-state index >= 15 is 0 Å². The molecule has 4 heteroatoms. The van der Waals surface area contributed by atoms with Crippen LogP contribution < -0.4 is 5.32 Å². The zero-order valence-electron chi connectivity index (χ0n) is 13.7. The highest BCUT2D eigenvalue weighted by Gasteiger charge is 2.41. The number of pyridine rings is 1. The molecule has 2 heterocycles. The number of likely N-dealkylation sites (N-methyl/N-ethyl adjacent to an activating group) is 1. The first-order chi connectivity index (χ1) is 11.1. The molecule has 0 spiro atoms. The van der Waals surface area contributed by atoms with Gasteiger partial charge in [0.2, 0.25) is 5.91 Å². The van der Waals surface area contributed by atoms with Crippen molar-refractivity contribution in [2.45, 2.75) is 24.8 Å². The molecule has 1 saturated heterocycles. The van der Waals surface area contributed by atoms with Crippen LogP contribution in [0.5, 0.6) is 0 Å². The van der Waals surface area contributed by atoms with Crippen molar-refractivity contribution in [3.05, 3.63) is 54.4 Å². The Labute approximate surface area is 137 Å². The van der Waals surface area contributed by atoms with E-state index < -0.39 is 5.54 Å². The van der Waals surface area contributed by atoms with Gasteiger partial charge in [-0.25, -0.2) is 0 Å². The summed E-state index contributed by atoms with van der Waals surface area (Å²) in [5.74, 6) is 0.173. The molecule has 2 aromatic rings. The van der Waals surface area contributed by atoms with Gasteiger partial charge in [0.25, 0.3) is 0 Å². The Kier molecular flexibility index (Phi) is 4.44. The van der Waals surface area contributed by atoms with Crippen molar-refractivity contribution < 1.29 is 4.79 Å². The molecule has 1 atom stereocenters. The second-order valence-corrected chi connectivity index (χ2v) is 6.43. The van der Waals surface area contributed by atoms with E-state index in [0.29, 0.717) is 0 Å². The highest BCUT2D eigenvalue weighted by Crippen LogP contribution is 2.27. The first-order valence-electron chi connectivity index (χ1n) is 8.07. The average molecular weight is 309 g/mol. The molecular weight excluding hydrogens is 286 g/mol. The summed E-state index contributed by atoms with van der Waals surface area (Å²) in [6.07, 6.45) is 6.32. The number of benzene rings is 1. The minimum atomic E-state index is -0.445. The Balaban J connectivity index is 1.81. The largest absolute Gasteiger partial charge is 0.347 e. The summed E-state index contributed by atoms with van der Waals surface area (Å²) in [6, 6.07) is 12.4. The molecule has 0 radical (unpaired) electrons. The summed E-state index contributed by atoms with van der Waals surface area (Å²) in [5, 5.41) is 3.44. The second kappa shape index (κ2) is 6.50. The normalized spacial score (nSPS) is 20.4. The Morgan fingerprint density at radius 1 is 1.22 bits per heavy atom. The highest BCUT2D eigenvalue weighted by atomic mass is 16.2. The molecule has 0 aliphatic carbocycles. The lowest BCUT2D eigenvalue weighted by Crippen LogP contribution is -2.54. The quantitative estimate of drug-likeness (QED) is 0.944. The molecule has 1 aromatic heterocycles. The van der Waals surface area contributed by atoms with Crippen molar-refractivity contribution in [3.63, 3.8) is 0 Å². The van der Waals surface area contributed by atoms with Crippen LogP contribution in [0.1, 0.15) is 18.4 Å². The molecule has 1 aliphatic heterocycles. The van der Waals surface area contributed by atoms with Gasteiger partial charge in [-0.3, -0.25) is 9.78 Å². The third-order valence-electron chi connectivity index (χ3n) is 4.51. The predicted molar refractivity (Wildman–Crippen MR) is 92.0 cm³/mol. The standard InChI is InChI=1S/C19H23N3O/c1-22(2)18(23)19(10-4-12-21-19)13-15-6-8-16(9-7-15)17-5-3-11-20-14-17/h3,5-9,11,14,21H,4,10,12-13H2,1-2H3. The minimum absolute atomic E-state index is 0.173. The fraction of sp³-hybridized carbons (Fsp3) is 0.368. The van der Waals surface area contributed by atoms with Crippen molar-refractivity contribution >= 4 is 5.91 Å². The van der Waals surface area contributed by atoms with E-state index in [2.05, 4.69) is 40.6 Å². The molecule has 1 aliphatic rings. The molecule has 4 nitrogen and oxygen atoms in total. The van der Waals surface area contributed by atoms with Crippen LogP contribution in [-0.2, 0) is 11.2 Å². The Morgan fingerprint density at radius 2 is 2.00 bits per heavy atom. The Bertz CT molecular complexity index is 659. The summed E-state index contributed by atoms with van der Waals surface area (Å²) in [6.45, 7) is 0.910. The summed E-state index contributed by atoms with van der Waals surface area (Å²) < 4.78 is 0. The van der Waals surface area contributed by atoms with Gasteiger partial charge in [-0.15, -0.1) is 0 Å². The number of nitrogens with one attached hydrogen (secondary N) is 1. The Morgan fingerprint density at radius 3 is 2.57 bits per heavy atom. The second-order valence-electron chi connectivity index (χ2n) is 6.43. The summed E-state index contributed by atoms with van der Waals surface area (Å²) in [4.78, 5) is 18.5. The fourth-order valence-electron chi connectivity index (χ4n) is 3.34. The zero-order valence-corrected chi connectivity index (χ0v) is 13.7. The maximum absolute atomic E-state index is 12.6. The van der Waals surface area contributed by atoms with Gasteiger partial charge >= 0.3 is 0 Å². The van der Waals surface area contributed by atoms with Crippen molar-refractivity contribution in [2.24, 2.45) is 0 Å². The Hall–Kier alpha value is -2.20. The monoisotopic (exact) mass is 309 g/mol. The first kappa shape index (κ1) is 15.7. The number of amides is 1. The maximum atomic E-state index is 12.6. The van der Waals surface area contributed by atoms with Gasteiger partial charge in [0.05, 0.1) is 0 Å². The third-order valence-corrected chi connectivity index (χ3v) is 4.51. The van der Waals surface area contributed by atoms with E-state index in [0.717, 1.165) is 36.9 Å². The van der Waals surface area contributed by atoms with Crippen molar-refractivity contribution in [1.82, 2.24) is 15.2 Å². The number of carbonyl (C=O) groups excluding carboxylic acids is 1. The van der Waals surface area contributed by atoms with E-state index in [1.54, 1.807) is 11.1 Å². The number of rotatable bonds is 4. The van der Waals surface area contributed by atoms with Gasteiger partial charge < -0.3 is 10.2 Å². The SMILES string of the molecule is CN(C)C(=O)C1(Cc2ccc(-c3cccnc3)cc2)CCCN1. The highest BCUT2D eigenvalue weighted by molar-refractivity contribution is 5.86. The molecular formula is C19H23N3O. The molecule has 1 unspecified atom stereocenters. The molecule has 3 rings (SSSR count). The van der Waals surface area contributed by atoms with Crippen molar-refractivity contribution in [3.8, 4) is 11.1 Å². The molecule has 1 N–H and O–H groups in total. The van der Waals surface area contributed by atoms with Crippen LogP contribution in [0, 0.1) is 0 Å². The fourth-order valence-corrected chi connectivity index (χ4v) is 3.34. The van der Waals surface area contributed by atoms with Crippen LogP contribution in [0.25, 0.3) is 11.1 Å². The van der Waals surface area contributed by atoms with Gasteiger partial charge in [0.15, 0.2) is 0 Å². The van der Waals surface area contributed by atoms with Crippen LogP contribution in [0.4, 0.5) is 0 Å². The number of hydrogen-bond acceptors (Lipinski definition) is 3. The van der Waals surface area contributed by atoms with E-state index in [-0.39, 0.29) is 5.91 Å². The number of nitrogens with zero attached hydrogens (tertiary/aromatic N) is 2. The molecule has 120 valence electrons. The summed E-state index contributed by atoms with van der Waals surface area (Å²) in [5.41, 5.74) is 2.99. The first-order valence-corrected chi connectivity index (χ1v) is 8.07. The lowest BCUT2D eigenvalue weighted by atomic mass is 9.87. The van der Waals surface area contributed by atoms with Gasteiger partial charge in [0, 0.05) is 26.5 Å². The predicted octanol–water partition coefficient (Wildman–Crippen LogP) is 2.50. The molecule has 1 fully saturated rings. The van der Waals surface area contributed by atoms with Crippen LogP contribution in [0.3, 0.4) is 0 Å². The third kappa shape index (κ3) is 3.27. The number of hydrogen-bond donors (Lipinski definition) is 1. The molecule has 1 amide bonds. The van der Waals surface area contributed by atoms with Crippen molar-refractivity contribution in [2.75, 3.05) is 20.6 Å². The number of carbonyl (C=O) groups is 1. The van der Waals surface area contributed by atoms with Gasteiger partial charge in [-0.1, -0.05) is 30.3 Å². The molecule has 1 aromatic carbocycles. The molecule has 23 heavy (non-hydrogen) atoms. The lowest BCUT2D eigenvalue weighted by Gasteiger charge is -2.31. The van der Waals surface area contributed by atoms with Gasteiger partial charge in [0.1, 0.15) is 5.54 Å². The van der Waals surface area contributed by atoms with E-state index in [1.807, 2.05) is 26.4 Å². The van der Waals surface area contributed by atoms with Crippen LogP contribution in [0.2, 0.25) is 0 Å². The average Bonchev–Trinajstić information content (AvgIpc) is 3.05. The topological polar surface area (TPSA) is 45.2 Å². The summed E-state index contributed by atoms with van der Waals surface area (Å²) >= 11 is 0. The van der Waals surface area contributed by atoms with Crippen LogP contribution >= 0.6 is 0 Å². The molecule has 0 saturated carbocycles. The zero-order chi connectivity index (χ0) is 16.3. The van der Waals surface area contributed by atoms with Crippen LogP contribution in [-0.4, -0.2) is 42.0 Å². The smallest absolute Gasteiger partial charge is 0.242 e.